The van der Waals surface area contributed by atoms with Crippen molar-refractivity contribution in [2.75, 3.05) is 11.9 Å². The van der Waals surface area contributed by atoms with Crippen molar-refractivity contribution in [2.24, 2.45) is 0 Å². The third-order valence-corrected chi connectivity index (χ3v) is 3.12. The molecule has 2 aromatic carbocycles. The predicted octanol–water partition coefficient (Wildman–Crippen LogP) is 4.06. The van der Waals surface area contributed by atoms with Crippen molar-refractivity contribution in [3.63, 3.8) is 0 Å². The molecule has 0 unspecified atom stereocenters. The van der Waals surface area contributed by atoms with Gasteiger partial charge in [0.15, 0.2) is 5.82 Å². The summed E-state index contributed by atoms with van der Waals surface area (Å²) < 4.78 is 19.0. The van der Waals surface area contributed by atoms with E-state index in [9.17, 15) is 9.18 Å². The molecular formula is C16H15ClFNO2. The summed E-state index contributed by atoms with van der Waals surface area (Å²) in [4.78, 5) is 11.9. The maximum atomic E-state index is 13.7. The normalized spacial score (nSPS) is 10.2. The Morgan fingerprint density at radius 1 is 1.24 bits per heavy atom. The molecule has 0 fully saturated rings. The highest BCUT2D eigenvalue weighted by molar-refractivity contribution is 6.31. The summed E-state index contributed by atoms with van der Waals surface area (Å²) in [6.45, 7) is 2.49. The summed E-state index contributed by atoms with van der Waals surface area (Å²) >= 11 is 5.66. The van der Waals surface area contributed by atoms with Gasteiger partial charge in [0, 0.05) is 0 Å². The maximum Gasteiger partial charge on any atom is 0.228 e. The van der Waals surface area contributed by atoms with Gasteiger partial charge in [-0.1, -0.05) is 29.8 Å². The molecule has 2 rings (SSSR count). The Labute approximate surface area is 127 Å². The van der Waals surface area contributed by atoms with E-state index >= 15 is 0 Å². The van der Waals surface area contributed by atoms with Gasteiger partial charge in [0.1, 0.15) is 5.75 Å². The number of nitrogens with one attached hydrogen (secondary N) is 1. The number of hydrogen-bond donors (Lipinski definition) is 1. The number of hydrogen-bond acceptors (Lipinski definition) is 2. The van der Waals surface area contributed by atoms with Crippen LogP contribution in [0.5, 0.6) is 5.75 Å². The van der Waals surface area contributed by atoms with Crippen molar-refractivity contribution in [3.8, 4) is 5.75 Å². The fourth-order valence-corrected chi connectivity index (χ4v) is 2.02. The molecule has 0 aliphatic heterocycles. The molecule has 0 aromatic heterocycles. The van der Waals surface area contributed by atoms with E-state index in [0.717, 1.165) is 11.3 Å². The van der Waals surface area contributed by atoms with Crippen LogP contribution in [0.4, 0.5) is 10.1 Å². The molecule has 0 heterocycles. The molecular weight excluding hydrogens is 293 g/mol. The predicted molar refractivity (Wildman–Crippen MR) is 81.4 cm³/mol. The van der Waals surface area contributed by atoms with Gasteiger partial charge in [0.25, 0.3) is 0 Å². The molecule has 0 atom stereocenters. The summed E-state index contributed by atoms with van der Waals surface area (Å²) in [5.74, 6) is -0.179. The second-order valence-corrected chi connectivity index (χ2v) is 4.81. The Morgan fingerprint density at radius 2 is 1.95 bits per heavy atom. The molecule has 3 nitrogen and oxygen atoms in total. The number of rotatable bonds is 5. The van der Waals surface area contributed by atoms with Crippen LogP contribution in [0.25, 0.3) is 0 Å². The van der Waals surface area contributed by atoms with Gasteiger partial charge in [-0.3, -0.25) is 4.79 Å². The number of ether oxygens (including phenoxy) is 1. The van der Waals surface area contributed by atoms with Gasteiger partial charge < -0.3 is 10.1 Å². The lowest BCUT2D eigenvalue weighted by Gasteiger charge is -2.08. The quantitative estimate of drug-likeness (QED) is 0.904. The molecule has 5 heteroatoms. The van der Waals surface area contributed by atoms with Crippen LogP contribution in [-0.4, -0.2) is 12.5 Å². The Hall–Kier alpha value is -2.07. The smallest absolute Gasteiger partial charge is 0.228 e. The largest absolute Gasteiger partial charge is 0.494 e. The fourth-order valence-electron chi connectivity index (χ4n) is 1.85. The number of halogens is 2. The molecule has 0 saturated heterocycles. The van der Waals surface area contributed by atoms with Gasteiger partial charge in [-0.2, -0.15) is 0 Å². The van der Waals surface area contributed by atoms with Crippen molar-refractivity contribution < 1.29 is 13.9 Å². The first-order chi connectivity index (χ1) is 10.1. The molecule has 0 aliphatic rings. The maximum absolute atomic E-state index is 13.7. The topological polar surface area (TPSA) is 38.3 Å². The van der Waals surface area contributed by atoms with Crippen molar-refractivity contribution in [1.29, 1.82) is 0 Å². The molecule has 0 spiro atoms. The lowest BCUT2D eigenvalue weighted by molar-refractivity contribution is -0.115. The number of carbonyl (C=O) groups is 1. The summed E-state index contributed by atoms with van der Waals surface area (Å²) in [6, 6.07) is 11.7. The lowest BCUT2D eigenvalue weighted by atomic mass is 10.1. The van der Waals surface area contributed by atoms with Crippen LogP contribution >= 0.6 is 11.6 Å². The minimum atomic E-state index is -0.626. The van der Waals surface area contributed by atoms with Crippen LogP contribution in [0.2, 0.25) is 5.02 Å². The molecule has 1 amide bonds. The molecule has 21 heavy (non-hydrogen) atoms. The van der Waals surface area contributed by atoms with Gasteiger partial charge in [-0.15, -0.1) is 0 Å². The van der Waals surface area contributed by atoms with Gasteiger partial charge in [0.2, 0.25) is 5.91 Å². The van der Waals surface area contributed by atoms with Crippen LogP contribution in [0.1, 0.15) is 12.5 Å². The zero-order chi connectivity index (χ0) is 15.2. The average Bonchev–Trinajstić information content (AvgIpc) is 2.46. The minimum absolute atomic E-state index is 0.0196. The first-order valence-corrected chi connectivity index (χ1v) is 6.93. The van der Waals surface area contributed by atoms with Crippen molar-refractivity contribution in [2.45, 2.75) is 13.3 Å². The highest BCUT2D eigenvalue weighted by atomic mass is 35.5. The Bertz CT molecular complexity index is 629. The zero-order valence-corrected chi connectivity index (χ0v) is 12.3. The first-order valence-electron chi connectivity index (χ1n) is 6.55. The van der Waals surface area contributed by atoms with Crippen molar-refractivity contribution >= 4 is 23.2 Å². The molecule has 2 aromatic rings. The summed E-state index contributed by atoms with van der Waals surface area (Å²) in [7, 11) is 0. The van der Waals surface area contributed by atoms with Gasteiger partial charge in [0.05, 0.1) is 23.7 Å². The van der Waals surface area contributed by atoms with E-state index in [4.69, 9.17) is 16.3 Å². The van der Waals surface area contributed by atoms with E-state index in [1.54, 1.807) is 30.3 Å². The third kappa shape index (κ3) is 4.20. The van der Waals surface area contributed by atoms with Crippen LogP contribution in [0.3, 0.4) is 0 Å². The third-order valence-electron chi connectivity index (χ3n) is 2.82. The summed E-state index contributed by atoms with van der Waals surface area (Å²) in [5.41, 5.74) is 0.900. The van der Waals surface area contributed by atoms with Crippen LogP contribution < -0.4 is 10.1 Å². The van der Waals surface area contributed by atoms with Crippen molar-refractivity contribution in [3.05, 3.63) is 58.9 Å². The molecule has 0 radical (unpaired) electrons. The van der Waals surface area contributed by atoms with Crippen LogP contribution in [-0.2, 0) is 11.2 Å². The monoisotopic (exact) mass is 307 g/mol. The van der Waals surface area contributed by atoms with E-state index in [2.05, 4.69) is 5.32 Å². The average molecular weight is 308 g/mol. The van der Waals surface area contributed by atoms with Crippen LogP contribution in [0.15, 0.2) is 42.5 Å². The number of carbonyl (C=O) groups excluding carboxylic acids is 1. The van der Waals surface area contributed by atoms with Gasteiger partial charge >= 0.3 is 0 Å². The first kappa shape index (κ1) is 15.3. The number of benzene rings is 2. The highest BCUT2D eigenvalue weighted by Gasteiger charge is 2.10. The Balaban J connectivity index is 1.99. The standard InChI is InChI=1S/C16H15ClFNO2/c1-2-21-12-8-6-11(7-9-12)10-15(20)19-14-5-3-4-13(17)16(14)18/h3-9H,2,10H2,1H3,(H,19,20). The molecule has 0 saturated carbocycles. The summed E-state index contributed by atoms with van der Waals surface area (Å²) in [6.07, 6.45) is 0.151. The van der Waals surface area contributed by atoms with Gasteiger partial charge in [-0.25, -0.2) is 4.39 Å². The Kier molecular flexibility index (Phi) is 5.17. The molecule has 1 N–H and O–H groups in total. The molecule has 0 aliphatic carbocycles. The minimum Gasteiger partial charge on any atom is -0.494 e. The zero-order valence-electron chi connectivity index (χ0n) is 11.5. The van der Waals surface area contributed by atoms with E-state index in [1.807, 2.05) is 6.92 Å². The SMILES string of the molecule is CCOc1ccc(CC(=O)Nc2cccc(Cl)c2F)cc1. The van der Waals surface area contributed by atoms with E-state index in [0.29, 0.717) is 6.61 Å². The molecule has 110 valence electrons. The summed E-state index contributed by atoms with van der Waals surface area (Å²) in [5, 5.41) is 2.49. The fraction of sp³-hybridized carbons (Fsp3) is 0.188. The number of anilines is 1. The van der Waals surface area contributed by atoms with E-state index in [-0.39, 0.29) is 23.0 Å². The van der Waals surface area contributed by atoms with E-state index < -0.39 is 5.82 Å². The molecule has 0 bridgehead atoms. The van der Waals surface area contributed by atoms with Crippen molar-refractivity contribution in [1.82, 2.24) is 0 Å². The van der Waals surface area contributed by atoms with E-state index in [1.165, 1.54) is 12.1 Å². The Morgan fingerprint density at radius 3 is 2.62 bits per heavy atom. The van der Waals surface area contributed by atoms with Gasteiger partial charge in [-0.05, 0) is 36.8 Å². The number of amides is 1. The highest BCUT2D eigenvalue weighted by Crippen LogP contribution is 2.22. The van der Waals surface area contributed by atoms with Crippen LogP contribution in [0, 0.1) is 5.82 Å². The lowest BCUT2D eigenvalue weighted by Crippen LogP contribution is -2.15. The second kappa shape index (κ2) is 7.09. The second-order valence-electron chi connectivity index (χ2n) is 4.40.